The third kappa shape index (κ3) is 7.63. The molecule has 214 valence electrons. The molecule has 0 bridgehead atoms. The first kappa shape index (κ1) is 30.7. The lowest BCUT2D eigenvalue weighted by molar-refractivity contribution is -0.140. The van der Waals surface area contributed by atoms with Crippen molar-refractivity contribution in [2.75, 3.05) is 18.0 Å². The van der Waals surface area contributed by atoms with Crippen LogP contribution in [0.15, 0.2) is 77.7 Å². The van der Waals surface area contributed by atoms with Crippen LogP contribution in [-0.2, 0) is 26.2 Å². The maximum atomic E-state index is 14.1. The quantitative estimate of drug-likeness (QED) is 0.339. The predicted molar refractivity (Wildman–Crippen MR) is 158 cm³/mol. The highest BCUT2D eigenvalue weighted by atomic mass is 32.2. The average molecular weight is 566 g/mol. The first-order valence-corrected chi connectivity index (χ1v) is 14.8. The minimum atomic E-state index is -4.10. The molecule has 0 aliphatic carbocycles. The molecule has 1 atom stereocenters. The number of anilines is 1. The summed E-state index contributed by atoms with van der Waals surface area (Å²) in [5, 5.41) is 2.90. The molecular formula is C31H39N3O5S. The fourth-order valence-corrected chi connectivity index (χ4v) is 5.78. The van der Waals surface area contributed by atoms with E-state index >= 15 is 0 Å². The summed E-state index contributed by atoms with van der Waals surface area (Å²) >= 11 is 0. The lowest BCUT2D eigenvalue weighted by Gasteiger charge is -2.33. The van der Waals surface area contributed by atoms with Crippen molar-refractivity contribution in [1.29, 1.82) is 0 Å². The highest BCUT2D eigenvalue weighted by Gasteiger charge is 2.33. The summed E-state index contributed by atoms with van der Waals surface area (Å²) < 4.78 is 34.2. The number of hydrogen-bond acceptors (Lipinski definition) is 5. The van der Waals surface area contributed by atoms with Gasteiger partial charge in [-0.1, -0.05) is 48.9 Å². The monoisotopic (exact) mass is 565 g/mol. The van der Waals surface area contributed by atoms with Gasteiger partial charge in [0.2, 0.25) is 11.8 Å². The van der Waals surface area contributed by atoms with Crippen molar-refractivity contribution in [3.8, 4) is 5.75 Å². The van der Waals surface area contributed by atoms with E-state index in [2.05, 4.69) is 5.32 Å². The highest BCUT2D eigenvalue weighted by Crippen LogP contribution is 2.26. The second-order valence-corrected chi connectivity index (χ2v) is 12.0. The summed E-state index contributed by atoms with van der Waals surface area (Å²) in [6.07, 6.45) is 0.357. The van der Waals surface area contributed by atoms with E-state index in [9.17, 15) is 18.0 Å². The van der Waals surface area contributed by atoms with Crippen LogP contribution < -0.4 is 14.4 Å². The van der Waals surface area contributed by atoms with Gasteiger partial charge in [0, 0.05) is 12.6 Å². The predicted octanol–water partition coefficient (Wildman–Crippen LogP) is 4.84. The van der Waals surface area contributed by atoms with Crippen LogP contribution in [-0.4, -0.2) is 50.9 Å². The largest absolute Gasteiger partial charge is 0.497 e. The standard InChI is InChI=1S/C31H39N3O5S/c1-7-29(31(36)32-22(2)3)33(20-25-13-15-27(39-6)16-14-25)30(35)21-34(26-10-8-9-24(5)19-26)40(37,38)28-17-11-23(4)12-18-28/h8-19,22,29H,7,20-21H2,1-6H3,(H,32,36)/t29-/m0/s1. The van der Waals surface area contributed by atoms with Gasteiger partial charge in [0.1, 0.15) is 18.3 Å². The minimum Gasteiger partial charge on any atom is -0.497 e. The van der Waals surface area contributed by atoms with Gasteiger partial charge < -0.3 is 15.0 Å². The van der Waals surface area contributed by atoms with E-state index in [1.165, 1.54) is 17.0 Å². The summed E-state index contributed by atoms with van der Waals surface area (Å²) in [7, 11) is -2.53. The summed E-state index contributed by atoms with van der Waals surface area (Å²) in [5.41, 5.74) is 2.93. The van der Waals surface area contributed by atoms with Gasteiger partial charge in [0.25, 0.3) is 10.0 Å². The van der Waals surface area contributed by atoms with Crippen LogP contribution in [0, 0.1) is 13.8 Å². The Hall–Kier alpha value is -3.85. The molecule has 0 spiro atoms. The number of sulfonamides is 1. The molecule has 0 aromatic heterocycles. The summed E-state index contributed by atoms with van der Waals surface area (Å²) in [6, 6.07) is 19.9. The zero-order valence-corrected chi connectivity index (χ0v) is 24.9. The van der Waals surface area contributed by atoms with Crippen LogP contribution in [0.4, 0.5) is 5.69 Å². The number of nitrogens with zero attached hydrogens (tertiary/aromatic N) is 2. The number of benzene rings is 3. The van der Waals surface area contributed by atoms with E-state index in [1.807, 2.05) is 52.8 Å². The number of amides is 2. The Labute approximate surface area is 238 Å². The first-order valence-electron chi connectivity index (χ1n) is 13.3. The molecule has 0 saturated carbocycles. The molecule has 0 radical (unpaired) electrons. The van der Waals surface area contributed by atoms with Crippen molar-refractivity contribution < 1.29 is 22.7 Å². The van der Waals surface area contributed by atoms with E-state index in [0.717, 1.165) is 21.0 Å². The number of methoxy groups -OCH3 is 1. The third-order valence-electron chi connectivity index (χ3n) is 6.51. The lowest BCUT2D eigenvalue weighted by atomic mass is 10.1. The Morgan fingerprint density at radius 1 is 0.925 bits per heavy atom. The van der Waals surface area contributed by atoms with Crippen molar-refractivity contribution in [3.05, 3.63) is 89.5 Å². The van der Waals surface area contributed by atoms with E-state index in [1.54, 1.807) is 49.6 Å². The van der Waals surface area contributed by atoms with E-state index in [0.29, 0.717) is 17.9 Å². The van der Waals surface area contributed by atoms with Crippen LogP contribution in [0.1, 0.15) is 43.9 Å². The van der Waals surface area contributed by atoms with Crippen LogP contribution in [0.2, 0.25) is 0 Å². The van der Waals surface area contributed by atoms with Crippen molar-refractivity contribution in [2.24, 2.45) is 0 Å². The Morgan fingerprint density at radius 3 is 2.12 bits per heavy atom. The highest BCUT2D eigenvalue weighted by molar-refractivity contribution is 7.92. The Bertz CT molecular complexity index is 1400. The van der Waals surface area contributed by atoms with Crippen molar-refractivity contribution in [1.82, 2.24) is 10.2 Å². The Kier molecular flexibility index (Phi) is 10.3. The number of carbonyl (C=O) groups is 2. The molecule has 8 nitrogen and oxygen atoms in total. The number of ether oxygens (including phenoxy) is 1. The molecule has 40 heavy (non-hydrogen) atoms. The van der Waals surface area contributed by atoms with Crippen LogP contribution in [0.5, 0.6) is 5.75 Å². The molecule has 3 rings (SSSR count). The van der Waals surface area contributed by atoms with Gasteiger partial charge in [0.15, 0.2) is 0 Å². The van der Waals surface area contributed by atoms with Crippen LogP contribution in [0.25, 0.3) is 0 Å². The number of rotatable bonds is 12. The summed E-state index contributed by atoms with van der Waals surface area (Å²) in [4.78, 5) is 28.8. The molecule has 0 fully saturated rings. The molecule has 3 aromatic carbocycles. The lowest BCUT2D eigenvalue weighted by Crippen LogP contribution is -2.53. The molecule has 2 amide bonds. The van der Waals surface area contributed by atoms with Crippen molar-refractivity contribution >= 4 is 27.5 Å². The van der Waals surface area contributed by atoms with Gasteiger partial charge in [0.05, 0.1) is 17.7 Å². The molecular weight excluding hydrogens is 526 g/mol. The Morgan fingerprint density at radius 2 is 1.57 bits per heavy atom. The first-order chi connectivity index (χ1) is 19.0. The second kappa shape index (κ2) is 13.5. The molecule has 0 heterocycles. The molecule has 0 unspecified atom stereocenters. The zero-order chi connectivity index (χ0) is 29.4. The average Bonchev–Trinajstić information content (AvgIpc) is 2.91. The second-order valence-electron chi connectivity index (χ2n) is 10.1. The van der Waals surface area contributed by atoms with Crippen molar-refractivity contribution in [3.63, 3.8) is 0 Å². The van der Waals surface area contributed by atoms with Gasteiger partial charge in [-0.15, -0.1) is 0 Å². The minimum absolute atomic E-state index is 0.0821. The maximum Gasteiger partial charge on any atom is 0.264 e. The molecule has 0 aliphatic rings. The van der Waals surface area contributed by atoms with E-state index < -0.39 is 28.5 Å². The van der Waals surface area contributed by atoms with Gasteiger partial charge in [-0.2, -0.15) is 0 Å². The normalized spacial score (nSPS) is 12.1. The van der Waals surface area contributed by atoms with Crippen molar-refractivity contribution in [2.45, 2.75) is 64.6 Å². The van der Waals surface area contributed by atoms with E-state index in [-0.39, 0.29) is 23.4 Å². The number of aryl methyl sites for hydroxylation is 2. The molecule has 9 heteroatoms. The van der Waals surface area contributed by atoms with Gasteiger partial charge >= 0.3 is 0 Å². The molecule has 3 aromatic rings. The fourth-order valence-electron chi connectivity index (χ4n) is 4.38. The molecule has 1 N–H and O–H groups in total. The molecule has 0 aliphatic heterocycles. The van der Waals surface area contributed by atoms with Gasteiger partial charge in [-0.25, -0.2) is 8.42 Å². The summed E-state index contributed by atoms with van der Waals surface area (Å²) in [5.74, 6) is -0.109. The van der Waals surface area contributed by atoms with Crippen LogP contribution >= 0.6 is 0 Å². The fraction of sp³-hybridized carbons (Fsp3) is 0.355. The van der Waals surface area contributed by atoms with Crippen LogP contribution in [0.3, 0.4) is 0 Å². The Balaban J connectivity index is 2.06. The smallest absolute Gasteiger partial charge is 0.264 e. The number of hydrogen-bond donors (Lipinski definition) is 1. The maximum absolute atomic E-state index is 14.1. The summed E-state index contributed by atoms with van der Waals surface area (Å²) in [6.45, 7) is 8.94. The third-order valence-corrected chi connectivity index (χ3v) is 8.29. The SMILES string of the molecule is CC[C@@H](C(=O)NC(C)C)N(Cc1ccc(OC)cc1)C(=O)CN(c1cccc(C)c1)S(=O)(=O)c1ccc(C)cc1. The van der Waals surface area contributed by atoms with Gasteiger partial charge in [-0.3, -0.25) is 13.9 Å². The van der Waals surface area contributed by atoms with Gasteiger partial charge in [-0.05, 0) is 81.6 Å². The van der Waals surface area contributed by atoms with E-state index in [4.69, 9.17) is 4.74 Å². The zero-order valence-electron chi connectivity index (χ0n) is 24.0. The topological polar surface area (TPSA) is 96.0 Å². The number of carbonyl (C=O) groups excluding carboxylic acids is 2. The number of nitrogens with one attached hydrogen (secondary N) is 1. The molecule has 0 saturated heterocycles.